The Labute approximate surface area is 125 Å². The van der Waals surface area contributed by atoms with E-state index < -0.39 is 0 Å². The number of aliphatic hydroxyl groups excluding tert-OH is 1. The van der Waals surface area contributed by atoms with Crippen LogP contribution in [0.4, 0.5) is 0 Å². The Morgan fingerprint density at radius 2 is 1.89 bits per heavy atom. The fraction of sp³-hybridized carbons (Fsp3) is 0.214. The summed E-state index contributed by atoms with van der Waals surface area (Å²) < 4.78 is 6.62. The number of benzene rings is 1. The summed E-state index contributed by atoms with van der Waals surface area (Å²) in [7, 11) is 0. The molecule has 0 amide bonds. The molecule has 100 valence electrons. The lowest BCUT2D eigenvalue weighted by Crippen LogP contribution is -1.98. The molecule has 1 aromatic carbocycles. The van der Waals surface area contributed by atoms with E-state index in [0.29, 0.717) is 22.2 Å². The number of ether oxygens (including phenoxy) is 1. The van der Waals surface area contributed by atoms with Gasteiger partial charge in [-0.3, -0.25) is 0 Å². The number of aliphatic hydroxyl groups is 1. The van der Waals surface area contributed by atoms with Crippen LogP contribution in [0.5, 0.6) is 11.6 Å². The first-order valence-corrected chi connectivity index (χ1v) is 6.88. The predicted octanol–water partition coefficient (Wildman–Crippen LogP) is 4.40. The Hall–Kier alpha value is -1.10. The maximum absolute atomic E-state index is 9.34. The molecule has 0 atom stereocenters. The molecular formula is C14H13BrClNO2. The quantitative estimate of drug-likeness (QED) is 0.899. The molecule has 0 radical (unpaired) electrons. The predicted molar refractivity (Wildman–Crippen MR) is 78.9 cm³/mol. The van der Waals surface area contributed by atoms with Gasteiger partial charge in [0.1, 0.15) is 5.75 Å². The zero-order valence-electron chi connectivity index (χ0n) is 10.6. The summed E-state index contributed by atoms with van der Waals surface area (Å²) >= 11 is 9.30. The number of hydrogen-bond acceptors (Lipinski definition) is 3. The van der Waals surface area contributed by atoms with Gasteiger partial charge in [0.2, 0.25) is 5.88 Å². The minimum atomic E-state index is -0.131. The van der Waals surface area contributed by atoms with Crippen LogP contribution in [0.25, 0.3) is 0 Å². The Morgan fingerprint density at radius 1 is 1.26 bits per heavy atom. The van der Waals surface area contributed by atoms with Crippen LogP contribution >= 0.6 is 27.5 Å². The van der Waals surface area contributed by atoms with Crippen molar-refractivity contribution in [2.24, 2.45) is 0 Å². The molecule has 1 aromatic heterocycles. The number of pyridine rings is 1. The highest BCUT2D eigenvalue weighted by atomic mass is 79.9. The maximum Gasteiger partial charge on any atom is 0.224 e. The summed E-state index contributed by atoms with van der Waals surface area (Å²) in [5.41, 5.74) is 2.49. The third-order valence-electron chi connectivity index (χ3n) is 2.69. The minimum absolute atomic E-state index is 0.131. The molecule has 0 saturated heterocycles. The van der Waals surface area contributed by atoms with Crippen LogP contribution in [0, 0.1) is 13.8 Å². The highest BCUT2D eigenvalue weighted by Crippen LogP contribution is 2.32. The van der Waals surface area contributed by atoms with Crippen molar-refractivity contribution >= 4 is 27.5 Å². The summed E-state index contributed by atoms with van der Waals surface area (Å²) in [5.74, 6) is 1.12. The van der Waals surface area contributed by atoms with Crippen LogP contribution in [-0.4, -0.2) is 10.1 Å². The lowest BCUT2D eigenvalue weighted by Gasteiger charge is -2.13. The summed E-state index contributed by atoms with van der Waals surface area (Å²) in [6.07, 6.45) is 1.63. The number of rotatable bonds is 3. The van der Waals surface area contributed by atoms with E-state index in [4.69, 9.17) is 16.3 Å². The summed E-state index contributed by atoms with van der Waals surface area (Å²) in [6.45, 7) is 3.71. The molecule has 0 bridgehead atoms. The first-order valence-electron chi connectivity index (χ1n) is 5.71. The SMILES string of the molecule is Cc1cc(Cl)cc(C)c1Oc1ncc(Br)cc1CO. The maximum atomic E-state index is 9.34. The second-order valence-electron chi connectivity index (χ2n) is 4.25. The molecule has 0 aliphatic heterocycles. The van der Waals surface area contributed by atoms with Crippen LogP contribution in [0.2, 0.25) is 5.02 Å². The van der Waals surface area contributed by atoms with Gasteiger partial charge in [0.15, 0.2) is 0 Å². The fourth-order valence-electron chi connectivity index (χ4n) is 1.83. The lowest BCUT2D eigenvalue weighted by molar-refractivity contribution is 0.274. The molecule has 2 aromatic rings. The van der Waals surface area contributed by atoms with Crippen molar-refractivity contribution in [1.82, 2.24) is 4.98 Å². The first-order chi connectivity index (χ1) is 9.01. The number of halogens is 2. The van der Waals surface area contributed by atoms with Crippen molar-refractivity contribution in [1.29, 1.82) is 0 Å². The van der Waals surface area contributed by atoms with Gasteiger partial charge in [-0.2, -0.15) is 0 Å². The molecule has 0 unspecified atom stereocenters. The van der Waals surface area contributed by atoms with Crippen molar-refractivity contribution < 1.29 is 9.84 Å². The van der Waals surface area contributed by atoms with Gasteiger partial charge in [-0.1, -0.05) is 11.6 Å². The number of aromatic nitrogens is 1. The highest BCUT2D eigenvalue weighted by Gasteiger charge is 2.11. The standard InChI is InChI=1S/C14H13BrClNO2/c1-8-3-12(16)4-9(2)13(8)19-14-10(7-18)5-11(15)6-17-14/h3-6,18H,7H2,1-2H3. The molecule has 3 nitrogen and oxygen atoms in total. The molecule has 0 aliphatic carbocycles. The molecule has 2 rings (SSSR count). The average Bonchev–Trinajstić information content (AvgIpc) is 2.35. The van der Waals surface area contributed by atoms with E-state index in [0.717, 1.165) is 15.6 Å². The van der Waals surface area contributed by atoms with E-state index in [2.05, 4.69) is 20.9 Å². The molecule has 0 saturated carbocycles. The van der Waals surface area contributed by atoms with Gasteiger partial charge in [-0.15, -0.1) is 0 Å². The Kier molecular flexibility index (Phi) is 4.45. The lowest BCUT2D eigenvalue weighted by atomic mass is 10.1. The molecule has 1 heterocycles. The van der Waals surface area contributed by atoms with Crippen LogP contribution in [0.15, 0.2) is 28.9 Å². The zero-order chi connectivity index (χ0) is 14.0. The summed E-state index contributed by atoms with van der Waals surface area (Å²) in [6, 6.07) is 5.45. The smallest absolute Gasteiger partial charge is 0.224 e. The van der Waals surface area contributed by atoms with Gasteiger partial charge in [-0.25, -0.2) is 4.98 Å². The van der Waals surface area contributed by atoms with Crippen LogP contribution in [0.1, 0.15) is 16.7 Å². The van der Waals surface area contributed by atoms with E-state index >= 15 is 0 Å². The van der Waals surface area contributed by atoms with Crippen molar-refractivity contribution in [3.05, 3.63) is 50.6 Å². The van der Waals surface area contributed by atoms with Gasteiger partial charge in [0.05, 0.1) is 6.61 Å². The fourth-order valence-corrected chi connectivity index (χ4v) is 2.53. The van der Waals surface area contributed by atoms with Crippen LogP contribution in [0.3, 0.4) is 0 Å². The van der Waals surface area contributed by atoms with E-state index in [9.17, 15) is 5.11 Å². The molecule has 19 heavy (non-hydrogen) atoms. The van der Waals surface area contributed by atoms with Gasteiger partial charge in [0.25, 0.3) is 0 Å². The number of aryl methyl sites for hydroxylation is 2. The highest BCUT2D eigenvalue weighted by molar-refractivity contribution is 9.10. The third-order valence-corrected chi connectivity index (χ3v) is 3.34. The van der Waals surface area contributed by atoms with E-state index in [1.54, 1.807) is 12.3 Å². The molecule has 1 N–H and O–H groups in total. The summed E-state index contributed by atoms with van der Waals surface area (Å²) in [4.78, 5) is 4.19. The van der Waals surface area contributed by atoms with E-state index in [1.165, 1.54) is 0 Å². The number of hydrogen-bond donors (Lipinski definition) is 1. The van der Waals surface area contributed by atoms with Gasteiger partial charge >= 0.3 is 0 Å². The minimum Gasteiger partial charge on any atom is -0.438 e. The molecule has 0 spiro atoms. The number of nitrogens with zero attached hydrogens (tertiary/aromatic N) is 1. The Balaban J connectivity index is 2.42. The third kappa shape index (κ3) is 3.26. The van der Waals surface area contributed by atoms with Crippen molar-refractivity contribution in [3.8, 4) is 11.6 Å². The van der Waals surface area contributed by atoms with Crippen molar-refractivity contribution in [2.45, 2.75) is 20.5 Å². The Bertz CT molecular complexity index is 593. The second-order valence-corrected chi connectivity index (χ2v) is 5.60. The molecular weight excluding hydrogens is 330 g/mol. The van der Waals surface area contributed by atoms with Crippen molar-refractivity contribution in [3.63, 3.8) is 0 Å². The molecule has 0 fully saturated rings. The van der Waals surface area contributed by atoms with Gasteiger partial charge in [0, 0.05) is 21.3 Å². The van der Waals surface area contributed by atoms with E-state index in [-0.39, 0.29) is 6.61 Å². The summed E-state index contributed by atoms with van der Waals surface area (Å²) in [5, 5.41) is 10.0. The van der Waals surface area contributed by atoms with Crippen molar-refractivity contribution in [2.75, 3.05) is 0 Å². The zero-order valence-corrected chi connectivity index (χ0v) is 12.9. The monoisotopic (exact) mass is 341 g/mol. The van der Waals surface area contributed by atoms with Gasteiger partial charge < -0.3 is 9.84 Å². The van der Waals surface area contributed by atoms with Crippen LogP contribution in [-0.2, 0) is 6.61 Å². The molecule has 5 heteroatoms. The molecule has 0 aliphatic rings. The Morgan fingerprint density at radius 3 is 2.47 bits per heavy atom. The average molecular weight is 343 g/mol. The largest absolute Gasteiger partial charge is 0.438 e. The first kappa shape index (κ1) is 14.3. The van der Waals surface area contributed by atoms with Crippen LogP contribution < -0.4 is 4.74 Å². The second kappa shape index (κ2) is 5.90. The van der Waals surface area contributed by atoms with Gasteiger partial charge in [-0.05, 0) is 59.1 Å². The van der Waals surface area contributed by atoms with E-state index in [1.807, 2.05) is 26.0 Å². The topological polar surface area (TPSA) is 42.4 Å². The normalized spacial score (nSPS) is 10.6.